The van der Waals surface area contributed by atoms with Gasteiger partial charge in [-0.2, -0.15) is 13.2 Å². The van der Waals surface area contributed by atoms with Crippen LogP contribution in [-0.2, 0) is 11.0 Å². The van der Waals surface area contributed by atoms with Gasteiger partial charge >= 0.3 is 6.18 Å². The molecule has 1 aliphatic heterocycles. The van der Waals surface area contributed by atoms with E-state index in [0.717, 1.165) is 18.2 Å². The van der Waals surface area contributed by atoms with Crippen LogP contribution in [0.2, 0.25) is 0 Å². The molecule has 1 aromatic carbocycles. The lowest BCUT2D eigenvalue weighted by Crippen LogP contribution is -2.45. The normalized spacial score (nSPS) is 22.1. The molecule has 146 valence electrons. The zero-order chi connectivity index (χ0) is 19.8. The van der Waals surface area contributed by atoms with E-state index >= 15 is 0 Å². The van der Waals surface area contributed by atoms with Gasteiger partial charge in [-0.3, -0.25) is 4.79 Å². The minimum atomic E-state index is -4.63. The van der Waals surface area contributed by atoms with Crippen molar-refractivity contribution >= 4 is 28.6 Å². The number of hydrogen-bond donors (Lipinski definition) is 0. The molecule has 1 saturated heterocycles. The molecule has 0 aliphatic carbocycles. The van der Waals surface area contributed by atoms with Gasteiger partial charge < -0.3 is 4.90 Å². The predicted octanol–water partition coefficient (Wildman–Crippen LogP) is 4.63. The van der Waals surface area contributed by atoms with Crippen molar-refractivity contribution in [3.8, 4) is 0 Å². The number of halogens is 3. The van der Waals surface area contributed by atoms with E-state index in [-0.39, 0.29) is 16.4 Å². The van der Waals surface area contributed by atoms with Crippen LogP contribution in [0.4, 0.5) is 13.2 Å². The van der Waals surface area contributed by atoms with Gasteiger partial charge in [0.1, 0.15) is 5.03 Å². The van der Waals surface area contributed by atoms with E-state index in [9.17, 15) is 18.0 Å². The third-order valence-electron chi connectivity index (χ3n) is 4.64. The summed E-state index contributed by atoms with van der Waals surface area (Å²) in [5.41, 5.74) is 0.224. The van der Waals surface area contributed by atoms with E-state index in [1.54, 1.807) is 25.1 Å². The predicted molar refractivity (Wildman–Crippen MR) is 99.4 cm³/mol. The lowest BCUT2D eigenvalue weighted by atomic mass is 9.92. The number of benzene rings is 1. The highest BCUT2D eigenvalue weighted by atomic mass is 32.2. The van der Waals surface area contributed by atoms with Crippen LogP contribution in [0.15, 0.2) is 29.3 Å². The van der Waals surface area contributed by atoms with Crippen LogP contribution >= 0.6 is 11.8 Å². The second kappa shape index (κ2) is 7.66. The number of alkyl halides is 3. The number of rotatable bonds is 3. The number of thioether (sulfide) groups is 1. The zero-order valence-electron chi connectivity index (χ0n) is 15.5. The zero-order valence-corrected chi connectivity index (χ0v) is 16.3. The molecule has 2 aromatic rings. The molecule has 8 heteroatoms. The second-order valence-electron chi connectivity index (χ2n) is 7.32. The molecular formula is C19H22F3N3OS. The first-order valence-electron chi connectivity index (χ1n) is 8.94. The smallest absolute Gasteiger partial charge is 0.341 e. The van der Waals surface area contributed by atoms with Gasteiger partial charge in [-0.25, -0.2) is 9.97 Å². The highest BCUT2D eigenvalue weighted by Gasteiger charge is 2.36. The molecule has 1 amide bonds. The van der Waals surface area contributed by atoms with Crippen LogP contribution in [0.25, 0.3) is 10.9 Å². The Hall–Kier alpha value is -1.83. The molecule has 4 nitrogen and oxygen atoms in total. The summed E-state index contributed by atoms with van der Waals surface area (Å²) < 4.78 is 39.5. The van der Waals surface area contributed by atoms with Gasteiger partial charge in [-0.05, 0) is 31.2 Å². The summed E-state index contributed by atoms with van der Waals surface area (Å²) >= 11 is 1.07. The number of fused-ring (bicyclic) bond motifs is 1. The van der Waals surface area contributed by atoms with E-state index in [4.69, 9.17) is 0 Å². The van der Waals surface area contributed by atoms with Gasteiger partial charge in [0.25, 0.3) is 0 Å². The Morgan fingerprint density at radius 1 is 1.19 bits per heavy atom. The number of piperidine rings is 1. The van der Waals surface area contributed by atoms with Crippen LogP contribution in [0.3, 0.4) is 0 Å². The third-order valence-corrected chi connectivity index (χ3v) is 5.73. The number of carbonyl (C=O) groups excluding carboxylic acids is 1. The molecular weight excluding hydrogens is 375 g/mol. The number of aromatic nitrogens is 2. The number of hydrogen-bond acceptors (Lipinski definition) is 4. The summed E-state index contributed by atoms with van der Waals surface area (Å²) in [6.45, 7) is 7.32. The van der Waals surface area contributed by atoms with Crippen LogP contribution < -0.4 is 0 Å². The lowest BCUT2D eigenvalue weighted by Gasteiger charge is -2.36. The topological polar surface area (TPSA) is 46.1 Å². The van der Waals surface area contributed by atoms with Crippen LogP contribution in [0.1, 0.15) is 33.0 Å². The Morgan fingerprint density at radius 2 is 1.81 bits per heavy atom. The fourth-order valence-electron chi connectivity index (χ4n) is 3.58. The van der Waals surface area contributed by atoms with Gasteiger partial charge in [0, 0.05) is 18.5 Å². The molecule has 3 atom stereocenters. The van der Waals surface area contributed by atoms with Crippen molar-refractivity contribution in [1.82, 2.24) is 14.9 Å². The maximum absolute atomic E-state index is 13.2. The summed E-state index contributed by atoms with van der Waals surface area (Å²) in [6, 6.07) is 6.56. The van der Waals surface area contributed by atoms with E-state index in [0.29, 0.717) is 30.3 Å². The maximum atomic E-state index is 13.2. The molecule has 0 N–H and O–H groups in total. The molecule has 2 heterocycles. The first-order chi connectivity index (χ1) is 12.6. The van der Waals surface area contributed by atoms with Crippen LogP contribution in [-0.4, -0.2) is 39.1 Å². The van der Waals surface area contributed by atoms with Crippen molar-refractivity contribution < 1.29 is 18.0 Å². The Balaban J connectivity index is 1.88. The molecule has 1 aliphatic rings. The molecule has 0 bridgehead atoms. The van der Waals surface area contributed by atoms with Crippen molar-refractivity contribution in [2.75, 3.05) is 13.1 Å². The first kappa shape index (κ1) is 19.9. The van der Waals surface area contributed by atoms with Gasteiger partial charge in [0.2, 0.25) is 11.7 Å². The highest BCUT2D eigenvalue weighted by Crippen LogP contribution is 2.34. The van der Waals surface area contributed by atoms with Crippen molar-refractivity contribution in [1.29, 1.82) is 0 Å². The van der Waals surface area contributed by atoms with E-state index in [2.05, 4.69) is 23.8 Å². The second-order valence-corrected chi connectivity index (χ2v) is 8.65. The van der Waals surface area contributed by atoms with Crippen molar-refractivity contribution in [3.05, 3.63) is 30.1 Å². The molecule has 0 saturated carbocycles. The number of nitrogens with zero attached hydrogens (tertiary/aromatic N) is 3. The number of carbonyl (C=O) groups is 1. The lowest BCUT2D eigenvalue weighted by molar-refractivity contribution is -0.145. The maximum Gasteiger partial charge on any atom is 0.451 e. The van der Waals surface area contributed by atoms with Gasteiger partial charge in [0.15, 0.2) is 0 Å². The summed E-state index contributed by atoms with van der Waals surface area (Å²) in [7, 11) is 0. The molecule has 1 aromatic heterocycles. The molecule has 3 rings (SSSR count). The molecule has 0 spiro atoms. The van der Waals surface area contributed by atoms with Crippen LogP contribution in [0, 0.1) is 11.8 Å². The Morgan fingerprint density at radius 3 is 2.44 bits per heavy atom. The summed E-state index contributed by atoms with van der Waals surface area (Å²) in [5, 5.41) is 0.185. The van der Waals surface area contributed by atoms with Crippen LogP contribution in [0.5, 0.6) is 0 Å². The standard InChI is InChI=1S/C19H22F3N3OS/c1-11-8-12(2)10-25(9-11)17(26)13(3)27-16-14-6-4-5-7-15(14)23-18(24-16)19(20,21)22/h4-7,11-13H,8-10H2,1-3H3. The van der Waals surface area contributed by atoms with Gasteiger partial charge in [0.05, 0.1) is 10.8 Å². The SMILES string of the molecule is CC1CC(C)CN(C(=O)C(C)Sc2nc(C(F)(F)F)nc3ccccc23)C1. The Bertz CT molecular complexity index is 833. The third kappa shape index (κ3) is 4.54. The fraction of sp³-hybridized carbons (Fsp3) is 0.526. The monoisotopic (exact) mass is 397 g/mol. The van der Waals surface area contributed by atoms with Crippen molar-refractivity contribution in [3.63, 3.8) is 0 Å². The Kier molecular flexibility index (Phi) is 5.65. The number of amides is 1. The van der Waals surface area contributed by atoms with Crippen molar-refractivity contribution in [2.24, 2.45) is 11.8 Å². The highest BCUT2D eigenvalue weighted by molar-refractivity contribution is 8.00. The first-order valence-corrected chi connectivity index (χ1v) is 9.82. The summed E-state index contributed by atoms with van der Waals surface area (Å²) in [6.07, 6.45) is -3.55. The van der Waals surface area contributed by atoms with E-state index < -0.39 is 17.3 Å². The molecule has 1 fully saturated rings. The molecule has 3 unspecified atom stereocenters. The van der Waals surface area contributed by atoms with Gasteiger partial charge in [-0.15, -0.1) is 0 Å². The minimum absolute atomic E-state index is 0.0605. The van der Waals surface area contributed by atoms with Gasteiger partial charge in [-0.1, -0.05) is 43.8 Å². The largest absolute Gasteiger partial charge is 0.451 e. The number of para-hydroxylation sites is 1. The molecule has 0 radical (unpaired) electrons. The van der Waals surface area contributed by atoms with E-state index in [1.165, 1.54) is 6.07 Å². The number of likely N-dealkylation sites (tertiary alicyclic amines) is 1. The van der Waals surface area contributed by atoms with Crippen molar-refractivity contribution in [2.45, 2.75) is 43.6 Å². The van der Waals surface area contributed by atoms with E-state index in [1.807, 2.05) is 4.90 Å². The average Bonchev–Trinajstić information content (AvgIpc) is 2.59. The quantitative estimate of drug-likeness (QED) is 0.559. The summed E-state index contributed by atoms with van der Waals surface area (Å²) in [5.74, 6) is -0.392. The Labute approximate surface area is 160 Å². The fourth-order valence-corrected chi connectivity index (χ4v) is 4.61. The minimum Gasteiger partial charge on any atom is -0.341 e. The molecule has 27 heavy (non-hydrogen) atoms. The average molecular weight is 397 g/mol. The summed E-state index contributed by atoms with van der Waals surface area (Å²) in [4.78, 5) is 22.0.